The van der Waals surface area contributed by atoms with E-state index in [9.17, 15) is 25.2 Å². The third-order valence-electron chi connectivity index (χ3n) is 4.36. The quantitative estimate of drug-likeness (QED) is 0.263. The van der Waals surface area contributed by atoms with E-state index in [1.165, 1.54) is 6.21 Å². The van der Waals surface area contributed by atoms with Gasteiger partial charge in [0.1, 0.15) is 12.4 Å². The van der Waals surface area contributed by atoms with Crippen molar-refractivity contribution < 1.29 is 35.1 Å². The Morgan fingerprint density at radius 2 is 1.71 bits per heavy atom. The number of nitrogens with one attached hydrogen (secondary N) is 1. The number of ether oxygens (including phenoxy) is 1. The van der Waals surface area contributed by atoms with Crippen molar-refractivity contribution >= 4 is 12.2 Å². The second-order valence-electron chi connectivity index (χ2n) is 5.80. The molecule has 0 amide bonds. The maximum Gasteiger partial charge on any atom is 0.355 e. The van der Waals surface area contributed by atoms with Gasteiger partial charge in [-0.15, -0.1) is 0 Å². The predicted octanol–water partition coefficient (Wildman–Crippen LogP) is 0.196. The Labute approximate surface area is 161 Å². The van der Waals surface area contributed by atoms with Gasteiger partial charge in [-0.25, -0.2) is 4.79 Å². The highest BCUT2D eigenvalue weighted by molar-refractivity contribution is 5.99. The number of hydrogen-bond acceptors (Lipinski definition) is 8. The number of aromatic nitrogens is 1. The van der Waals surface area contributed by atoms with Crippen molar-refractivity contribution in [3.8, 4) is 11.1 Å². The Kier molecular flexibility index (Phi) is 7.85. The lowest BCUT2D eigenvalue weighted by molar-refractivity contribution is 0.0516. The molecule has 6 N–H and O–H groups in total. The third-order valence-corrected chi connectivity index (χ3v) is 4.36. The van der Waals surface area contributed by atoms with Crippen LogP contribution < -0.4 is 0 Å². The Hall–Kier alpha value is -2.56. The molecule has 0 atom stereocenters. The second-order valence-corrected chi connectivity index (χ2v) is 5.80. The summed E-state index contributed by atoms with van der Waals surface area (Å²) in [5.74, 6) is -0.670. The first-order valence-corrected chi connectivity index (χ1v) is 8.67. The predicted molar refractivity (Wildman–Crippen MR) is 101 cm³/mol. The van der Waals surface area contributed by atoms with Gasteiger partial charge in [0.2, 0.25) is 0 Å². The molecule has 28 heavy (non-hydrogen) atoms. The van der Waals surface area contributed by atoms with E-state index in [2.05, 4.69) is 9.98 Å². The molecule has 0 saturated carbocycles. The van der Waals surface area contributed by atoms with Crippen LogP contribution in [-0.4, -0.2) is 56.0 Å². The summed E-state index contributed by atoms with van der Waals surface area (Å²) in [7, 11) is 0. The summed E-state index contributed by atoms with van der Waals surface area (Å²) in [6.45, 7) is -0.382. The molecule has 2 rings (SSSR count). The van der Waals surface area contributed by atoms with Crippen LogP contribution >= 0.6 is 0 Å². The largest absolute Gasteiger partial charge is 0.461 e. The number of aliphatic imine (C=N–C) groups is 1. The highest BCUT2D eigenvalue weighted by Gasteiger charge is 2.25. The van der Waals surface area contributed by atoms with Gasteiger partial charge >= 0.3 is 5.97 Å². The fourth-order valence-electron chi connectivity index (χ4n) is 3.13. The molecule has 152 valence electrons. The molecule has 0 unspecified atom stereocenters. The zero-order chi connectivity index (χ0) is 20.7. The van der Waals surface area contributed by atoms with Gasteiger partial charge in [-0.2, -0.15) is 0 Å². The molecule has 0 aliphatic rings. The summed E-state index contributed by atoms with van der Waals surface area (Å²) < 4.78 is 5.02. The fourth-order valence-corrected chi connectivity index (χ4v) is 3.13. The Morgan fingerprint density at radius 3 is 2.25 bits per heavy atom. The smallest absolute Gasteiger partial charge is 0.355 e. The van der Waals surface area contributed by atoms with Crippen LogP contribution in [0.2, 0.25) is 0 Å². The second kappa shape index (κ2) is 10.1. The maximum absolute atomic E-state index is 12.3. The number of rotatable bonds is 9. The van der Waals surface area contributed by atoms with Gasteiger partial charge in [-0.05, 0) is 29.2 Å². The zero-order valence-corrected chi connectivity index (χ0v) is 15.5. The van der Waals surface area contributed by atoms with Crippen LogP contribution in [0.25, 0.3) is 11.1 Å². The minimum atomic E-state index is -0.670. The van der Waals surface area contributed by atoms with Gasteiger partial charge in [-0.3, -0.25) is 4.99 Å². The van der Waals surface area contributed by atoms with Gasteiger partial charge in [0, 0.05) is 17.3 Å². The lowest BCUT2D eigenvalue weighted by Gasteiger charge is -2.16. The third kappa shape index (κ3) is 4.13. The monoisotopic (exact) mass is 392 g/mol. The van der Waals surface area contributed by atoms with Crippen molar-refractivity contribution in [3.63, 3.8) is 0 Å². The first kappa shape index (κ1) is 21.7. The molecule has 0 aliphatic heterocycles. The van der Waals surface area contributed by atoms with Gasteiger partial charge in [0.25, 0.3) is 0 Å². The standard InChI is InChI=1S/C19H24N2O7/c1-2-28-19(27)18-15(9-25)17(16(21-18)5-20-10-26)12-4-3-11(6-22)13(7-23)14(12)8-24/h3-5,21-26H,2,6-10H2,1H3/b20-5+. The number of H-pyrrole nitrogens is 1. The van der Waals surface area contributed by atoms with E-state index in [1.807, 2.05) is 0 Å². The van der Waals surface area contributed by atoms with E-state index >= 15 is 0 Å². The summed E-state index contributed by atoms with van der Waals surface area (Å²) in [4.78, 5) is 18.9. The van der Waals surface area contributed by atoms with Crippen LogP contribution in [0.15, 0.2) is 17.1 Å². The normalized spacial score (nSPS) is 11.4. The molecule has 0 saturated heterocycles. The van der Waals surface area contributed by atoms with Gasteiger partial charge < -0.3 is 35.3 Å². The van der Waals surface area contributed by atoms with Crippen molar-refractivity contribution in [2.75, 3.05) is 13.3 Å². The summed E-state index contributed by atoms with van der Waals surface area (Å²) >= 11 is 0. The van der Waals surface area contributed by atoms with Gasteiger partial charge in [0.05, 0.1) is 38.7 Å². The number of aliphatic hydroxyl groups is 5. The van der Waals surface area contributed by atoms with Crippen LogP contribution in [0.5, 0.6) is 0 Å². The number of aromatic amines is 1. The molecule has 0 spiro atoms. The lowest BCUT2D eigenvalue weighted by atomic mass is 9.90. The summed E-state index contributed by atoms with van der Waals surface area (Å²) in [6, 6.07) is 3.20. The number of benzene rings is 1. The van der Waals surface area contributed by atoms with Gasteiger partial charge in [0.15, 0.2) is 0 Å². The molecular formula is C19H24N2O7. The number of carbonyl (C=O) groups excluding carboxylic acids is 1. The van der Waals surface area contributed by atoms with E-state index in [0.717, 1.165) is 0 Å². The summed E-state index contributed by atoms with van der Waals surface area (Å²) in [6.07, 6.45) is 1.30. The number of carbonyl (C=O) groups is 1. The molecule has 0 radical (unpaired) electrons. The Morgan fingerprint density at radius 1 is 1.04 bits per heavy atom. The van der Waals surface area contributed by atoms with Crippen LogP contribution in [-0.2, 0) is 31.2 Å². The first-order chi connectivity index (χ1) is 13.6. The van der Waals surface area contributed by atoms with Crippen molar-refractivity contribution in [1.29, 1.82) is 0 Å². The van der Waals surface area contributed by atoms with Crippen LogP contribution in [0.4, 0.5) is 0 Å². The number of aliphatic hydroxyl groups excluding tert-OH is 5. The number of hydrogen-bond donors (Lipinski definition) is 6. The van der Waals surface area contributed by atoms with Crippen LogP contribution in [0, 0.1) is 0 Å². The Bertz CT molecular complexity index is 858. The van der Waals surface area contributed by atoms with E-state index in [0.29, 0.717) is 33.5 Å². The molecule has 9 heteroatoms. The highest BCUT2D eigenvalue weighted by Crippen LogP contribution is 2.35. The van der Waals surface area contributed by atoms with E-state index < -0.39 is 32.5 Å². The minimum Gasteiger partial charge on any atom is -0.461 e. The van der Waals surface area contributed by atoms with E-state index in [1.54, 1.807) is 19.1 Å². The molecule has 1 aromatic heterocycles. The first-order valence-electron chi connectivity index (χ1n) is 8.67. The average molecular weight is 392 g/mol. The molecule has 2 aromatic rings. The molecule has 9 nitrogen and oxygen atoms in total. The lowest BCUT2D eigenvalue weighted by Crippen LogP contribution is -2.08. The van der Waals surface area contributed by atoms with Crippen LogP contribution in [0.1, 0.15) is 45.4 Å². The summed E-state index contributed by atoms with van der Waals surface area (Å²) in [5.41, 5.74) is 2.55. The van der Waals surface area contributed by atoms with E-state index in [-0.39, 0.29) is 24.5 Å². The molecule has 0 aliphatic carbocycles. The zero-order valence-electron chi connectivity index (χ0n) is 15.5. The topological polar surface area (TPSA) is 156 Å². The fraction of sp³-hybridized carbons (Fsp3) is 0.368. The van der Waals surface area contributed by atoms with Gasteiger partial charge in [-0.1, -0.05) is 12.1 Å². The number of esters is 1. The van der Waals surface area contributed by atoms with E-state index in [4.69, 9.17) is 9.84 Å². The van der Waals surface area contributed by atoms with Crippen molar-refractivity contribution in [2.24, 2.45) is 4.99 Å². The molecule has 0 bridgehead atoms. The molecule has 1 aromatic carbocycles. The van der Waals surface area contributed by atoms with Crippen molar-refractivity contribution in [2.45, 2.75) is 33.4 Å². The average Bonchev–Trinajstić information content (AvgIpc) is 3.09. The molecule has 0 fully saturated rings. The minimum absolute atomic E-state index is 0.0272. The van der Waals surface area contributed by atoms with Crippen molar-refractivity contribution in [1.82, 2.24) is 4.98 Å². The molecular weight excluding hydrogens is 368 g/mol. The number of nitrogens with zero attached hydrogens (tertiary/aromatic N) is 1. The van der Waals surface area contributed by atoms with Crippen LogP contribution in [0.3, 0.4) is 0 Å². The van der Waals surface area contributed by atoms with Crippen molar-refractivity contribution in [3.05, 3.63) is 45.8 Å². The highest BCUT2D eigenvalue weighted by atomic mass is 16.5. The molecule has 1 heterocycles. The maximum atomic E-state index is 12.3. The SMILES string of the molecule is CCOC(=O)c1[nH]c(/C=N/CO)c(-c2ccc(CO)c(CO)c2CO)c1CO. The summed E-state index contributed by atoms with van der Waals surface area (Å²) in [5, 5.41) is 48.1. The Balaban J connectivity index is 2.83.